The average molecular weight is 417 g/mol. The maximum atomic E-state index is 12.6. The minimum Gasteiger partial charge on any atom is -0.493 e. The number of benzene rings is 1. The van der Waals surface area contributed by atoms with Gasteiger partial charge < -0.3 is 20.1 Å². The zero-order valence-corrected chi connectivity index (χ0v) is 17.1. The summed E-state index contributed by atoms with van der Waals surface area (Å²) < 4.78 is 10.9. The van der Waals surface area contributed by atoms with Crippen LogP contribution in [0.3, 0.4) is 0 Å². The van der Waals surface area contributed by atoms with Gasteiger partial charge in [-0.2, -0.15) is 0 Å². The zero-order valence-electron chi connectivity index (χ0n) is 15.4. The lowest BCUT2D eigenvalue weighted by atomic mass is 10.1. The second kappa shape index (κ2) is 9.38. The Labute approximate surface area is 171 Å². The molecule has 2 amide bonds. The number of amides is 2. The Morgan fingerprint density at radius 1 is 0.964 bits per heavy atom. The topological polar surface area (TPSA) is 76.7 Å². The Morgan fingerprint density at radius 3 is 2.04 bits per heavy atom. The molecule has 3 aromatic rings. The molecule has 2 aromatic heterocycles. The second-order valence-electron chi connectivity index (χ2n) is 5.68. The van der Waals surface area contributed by atoms with Crippen LogP contribution in [-0.4, -0.2) is 25.5 Å². The van der Waals surface area contributed by atoms with E-state index in [1.165, 1.54) is 22.7 Å². The third kappa shape index (κ3) is 4.71. The SMILES string of the molecule is CCOc1ccc(C(NC(=O)c2cccs2)NC(=O)c2cccs2)cc1OC. The highest BCUT2D eigenvalue weighted by atomic mass is 32.1. The standard InChI is InChI=1S/C20H20N2O4S2/c1-3-26-14-9-8-13(12-15(14)25-2)18(21-19(23)16-6-4-10-27-16)22-20(24)17-7-5-11-28-17/h4-12,18H,3H2,1-2H3,(H,21,23)(H,22,24). The predicted octanol–water partition coefficient (Wildman–Crippen LogP) is 4.08. The number of carbonyl (C=O) groups is 2. The highest BCUT2D eigenvalue weighted by Gasteiger charge is 2.21. The van der Waals surface area contributed by atoms with Gasteiger partial charge in [-0.15, -0.1) is 22.7 Å². The molecule has 2 N–H and O–H groups in total. The van der Waals surface area contributed by atoms with Crippen molar-refractivity contribution in [2.24, 2.45) is 0 Å². The van der Waals surface area contributed by atoms with E-state index in [0.29, 0.717) is 33.4 Å². The van der Waals surface area contributed by atoms with Crippen LogP contribution in [0.25, 0.3) is 0 Å². The molecule has 0 atom stereocenters. The second-order valence-corrected chi connectivity index (χ2v) is 7.57. The first-order valence-corrected chi connectivity index (χ1v) is 10.4. The van der Waals surface area contributed by atoms with Crippen molar-refractivity contribution < 1.29 is 19.1 Å². The van der Waals surface area contributed by atoms with Crippen molar-refractivity contribution in [2.45, 2.75) is 13.1 Å². The molecule has 0 aliphatic carbocycles. The van der Waals surface area contributed by atoms with Crippen LogP contribution in [-0.2, 0) is 0 Å². The Hall–Kier alpha value is -2.84. The largest absolute Gasteiger partial charge is 0.493 e. The molecule has 6 nitrogen and oxygen atoms in total. The van der Waals surface area contributed by atoms with Crippen LogP contribution < -0.4 is 20.1 Å². The van der Waals surface area contributed by atoms with Crippen LogP contribution in [0.5, 0.6) is 11.5 Å². The molecule has 3 rings (SSSR count). The van der Waals surface area contributed by atoms with Gasteiger partial charge in [0.15, 0.2) is 11.5 Å². The number of nitrogens with one attached hydrogen (secondary N) is 2. The normalized spacial score (nSPS) is 10.5. The lowest BCUT2D eigenvalue weighted by molar-refractivity contribution is 0.0888. The van der Waals surface area contributed by atoms with Crippen molar-refractivity contribution in [1.82, 2.24) is 10.6 Å². The molecule has 0 radical (unpaired) electrons. The van der Waals surface area contributed by atoms with Gasteiger partial charge in [-0.3, -0.25) is 9.59 Å². The number of hydrogen-bond acceptors (Lipinski definition) is 6. The van der Waals surface area contributed by atoms with Crippen LogP contribution in [0.15, 0.2) is 53.2 Å². The third-order valence-corrected chi connectivity index (χ3v) is 5.60. The first kappa shape index (κ1) is 19.9. The lowest BCUT2D eigenvalue weighted by Gasteiger charge is -2.21. The molecule has 28 heavy (non-hydrogen) atoms. The van der Waals surface area contributed by atoms with Gasteiger partial charge in [-0.25, -0.2) is 0 Å². The fourth-order valence-corrected chi connectivity index (χ4v) is 3.81. The van der Waals surface area contributed by atoms with Gasteiger partial charge in [-0.1, -0.05) is 18.2 Å². The summed E-state index contributed by atoms with van der Waals surface area (Å²) in [5, 5.41) is 9.41. The first-order chi connectivity index (χ1) is 13.6. The van der Waals surface area contributed by atoms with E-state index in [-0.39, 0.29) is 11.8 Å². The number of ether oxygens (including phenoxy) is 2. The van der Waals surface area contributed by atoms with Gasteiger partial charge in [0.1, 0.15) is 6.17 Å². The third-order valence-electron chi connectivity index (χ3n) is 3.86. The highest BCUT2D eigenvalue weighted by Crippen LogP contribution is 2.30. The smallest absolute Gasteiger partial charge is 0.263 e. The summed E-state index contributed by atoms with van der Waals surface area (Å²) in [6.45, 7) is 2.39. The van der Waals surface area contributed by atoms with E-state index < -0.39 is 6.17 Å². The van der Waals surface area contributed by atoms with Crippen molar-refractivity contribution in [3.05, 3.63) is 68.5 Å². The van der Waals surface area contributed by atoms with Crippen molar-refractivity contribution in [3.63, 3.8) is 0 Å². The minimum atomic E-state index is -0.728. The molecule has 0 saturated heterocycles. The molecular weight excluding hydrogens is 396 g/mol. The molecule has 0 bridgehead atoms. The minimum absolute atomic E-state index is 0.265. The van der Waals surface area contributed by atoms with E-state index in [9.17, 15) is 9.59 Å². The Bertz CT molecular complexity index is 876. The monoisotopic (exact) mass is 416 g/mol. The first-order valence-electron chi connectivity index (χ1n) is 8.61. The molecule has 0 saturated carbocycles. The maximum Gasteiger partial charge on any atom is 0.263 e. The summed E-state index contributed by atoms with van der Waals surface area (Å²) in [7, 11) is 1.55. The van der Waals surface area contributed by atoms with E-state index in [0.717, 1.165) is 0 Å². The lowest BCUT2D eigenvalue weighted by Crippen LogP contribution is -2.40. The summed E-state index contributed by atoms with van der Waals surface area (Å²) in [6.07, 6.45) is -0.728. The highest BCUT2D eigenvalue weighted by molar-refractivity contribution is 7.12. The molecule has 1 aromatic carbocycles. The van der Waals surface area contributed by atoms with E-state index in [4.69, 9.17) is 9.47 Å². The fourth-order valence-electron chi connectivity index (χ4n) is 2.56. The van der Waals surface area contributed by atoms with Crippen LogP contribution in [0.2, 0.25) is 0 Å². The van der Waals surface area contributed by atoms with E-state index >= 15 is 0 Å². The molecular formula is C20H20N2O4S2. The summed E-state index contributed by atoms with van der Waals surface area (Å²) in [5.41, 5.74) is 0.676. The van der Waals surface area contributed by atoms with Gasteiger partial charge in [0.2, 0.25) is 0 Å². The van der Waals surface area contributed by atoms with E-state index in [1.54, 1.807) is 49.6 Å². The van der Waals surface area contributed by atoms with Crippen molar-refractivity contribution in [3.8, 4) is 11.5 Å². The predicted molar refractivity (Wildman–Crippen MR) is 110 cm³/mol. The van der Waals surface area contributed by atoms with E-state index in [1.807, 2.05) is 17.7 Å². The Kier molecular flexibility index (Phi) is 6.67. The summed E-state index contributed by atoms with van der Waals surface area (Å²) >= 11 is 2.67. The van der Waals surface area contributed by atoms with Gasteiger partial charge in [0.05, 0.1) is 23.5 Å². The molecule has 8 heteroatoms. The number of hydrogen-bond donors (Lipinski definition) is 2. The maximum absolute atomic E-state index is 12.6. The number of carbonyl (C=O) groups excluding carboxylic acids is 2. The number of rotatable bonds is 8. The number of methoxy groups -OCH3 is 1. The quantitative estimate of drug-likeness (QED) is 0.543. The Balaban J connectivity index is 1.88. The van der Waals surface area contributed by atoms with Gasteiger partial charge in [0.25, 0.3) is 11.8 Å². The molecule has 0 fully saturated rings. The molecule has 0 spiro atoms. The van der Waals surface area contributed by atoms with Crippen molar-refractivity contribution in [2.75, 3.05) is 13.7 Å². The fraction of sp³-hybridized carbons (Fsp3) is 0.200. The molecule has 0 aliphatic rings. The van der Waals surface area contributed by atoms with Gasteiger partial charge >= 0.3 is 0 Å². The van der Waals surface area contributed by atoms with E-state index in [2.05, 4.69) is 10.6 Å². The van der Waals surface area contributed by atoms with Crippen molar-refractivity contribution in [1.29, 1.82) is 0 Å². The average Bonchev–Trinajstić information content (AvgIpc) is 3.41. The van der Waals surface area contributed by atoms with Crippen LogP contribution >= 0.6 is 22.7 Å². The molecule has 0 aliphatic heterocycles. The van der Waals surface area contributed by atoms with Gasteiger partial charge in [0, 0.05) is 0 Å². The summed E-state index contributed by atoms with van der Waals surface area (Å²) in [5.74, 6) is 0.598. The van der Waals surface area contributed by atoms with Crippen LogP contribution in [0, 0.1) is 0 Å². The Morgan fingerprint density at radius 2 is 1.57 bits per heavy atom. The number of thiophene rings is 2. The summed E-state index contributed by atoms with van der Waals surface area (Å²) in [4.78, 5) is 26.3. The van der Waals surface area contributed by atoms with Crippen LogP contribution in [0.1, 0.15) is 38.0 Å². The molecule has 146 valence electrons. The summed E-state index contributed by atoms with van der Waals surface area (Å²) in [6, 6.07) is 12.4. The zero-order chi connectivity index (χ0) is 19.9. The molecule has 2 heterocycles. The van der Waals surface area contributed by atoms with Crippen molar-refractivity contribution >= 4 is 34.5 Å². The molecule has 0 unspecified atom stereocenters. The van der Waals surface area contributed by atoms with Crippen LogP contribution in [0.4, 0.5) is 0 Å². The van der Waals surface area contributed by atoms with Gasteiger partial charge in [-0.05, 0) is 47.5 Å².